The van der Waals surface area contributed by atoms with E-state index in [9.17, 15) is 13.6 Å². The SMILES string of the molecule is CCn1cnnc1CNc1ccc(C(=O)OC)c(F)c1F. The van der Waals surface area contributed by atoms with Gasteiger partial charge >= 0.3 is 5.97 Å². The average molecular weight is 296 g/mol. The lowest BCUT2D eigenvalue weighted by Crippen LogP contribution is -2.11. The first-order chi connectivity index (χ1) is 10.1. The second-order valence-electron chi connectivity index (χ2n) is 4.17. The second kappa shape index (κ2) is 6.29. The third-order valence-corrected chi connectivity index (χ3v) is 2.96. The van der Waals surface area contributed by atoms with E-state index in [0.717, 1.165) is 13.2 Å². The van der Waals surface area contributed by atoms with E-state index in [1.807, 2.05) is 6.92 Å². The minimum absolute atomic E-state index is 0.0641. The van der Waals surface area contributed by atoms with Crippen molar-refractivity contribution in [1.82, 2.24) is 14.8 Å². The first kappa shape index (κ1) is 14.9. The van der Waals surface area contributed by atoms with Gasteiger partial charge in [0.15, 0.2) is 17.5 Å². The van der Waals surface area contributed by atoms with Crippen molar-refractivity contribution >= 4 is 11.7 Å². The van der Waals surface area contributed by atoms with Crippen LogP contribution in [0.15, 0.2) is 18.5 Å². The van der Waals surface area contributed by atoms with Gasteiger partial charge in [-0.05, 0) is 19.1 Å². The zero-order valence-corrected chi connectivity index (χ0v) is 11.6. The van der Waals surface area contributed by atoms with Crippen molar-refractivity contribution < 1.29 is 18.3 Å². The highest BCUT2D eigenvalue weighted by atomic mass is 19.2. The van der Waals surface area contributed by atoms with Crippen LogP contribution < -0.4 is 5.32 Å². The Balaban J connectivity index is 2.18. The predicted octanol–water partition coefficient (Wildman–Crippen LogP) is 1.97. The van der Waals surface area contributed by atoms with Gasteiger partial charge in [0.2, 0.25) is 0 Å². The molecule has 0 unspecified atom stereocenters. The quantitative estimate of drug-likeness (QED) is 0.854. The summed E-state index contributed by atoms with van der Waals surface area (Å²) in [5.74, 6) is -2.72. The summed E-state index contributed by atoms with van der Waals surface area (Å²) >= 11 is 0. The van der Waals surface area contributed by atoms with Crippen LogP contribution in [0.2, 0.25) is 0 Å². The standard InChI is InChI=1S/C13H14F2N4O2/c1-3-19-7-17-18-10(19)6-16-9-5-4-8(13(20)21-2)11(14)12(9)15/h4-5,7,16H,3,6H2,1-2H3. The van der Waals surface area contributed by atoms with Crippen LogP contribution in [-0.2, 0) is 17.8 Å². The van der Waals surface area contributed by atoms with Gasteiger partial charge in [-0.1, -0.05) is 0 Å². The van der Waals surface area contributed by atoms with Crippen LogP contribution in [0.3, 0.4) is 0 Å². The Kier molecular flexibility index (Phi) is 4.46. The van der Waals surface area contributed by atoms with Crippen molar-refractivity contribution in [2.75, 3.05) is 12.4 Å². The molecule has 0 amide bonds. The predicted molar refractivity (Wildman–Crippen MR) is 70.7 cm³/mol. The number of rotatable bonds is 5. The lowest BCUT2D eigenvalue weighted by molar-refractivity contribution is 0.0594. The molecule has 0 atom stereocenters. The Hall–Kier alpha value is -2.51. The van der Waals surface area contributed by atoms with Crippen LogP contribution in [0.4, 0.5) is 14.5 Å². The van der Waals surface area contributed by atoms with Gasteiger partial charge in [-0.3, -0.25) is 0 Å². The molecule has 0 saturated heterocycles. The highest BCUT2D eigenvalue weighted by Crippen LogP contribution is 2.21. The van der Waals surface area contributed by atoms with Crippen molar-refractivity contribution in [2.45, 2.75) is 20.0 Å². The maximum Gasteiger partial charge on any atom is 0.340 e. The van der Waals surface area contributed by atoms with Crippen LogP contribution in [0, 0.1) is 11.6 Å². The number of carbonyl (C=O) groups is 1. The molecule has 0 saturated carbocycles. The number of carbonyl (C=O) groups excluding carboxylic acids is 1. The van der Waals surface area contributed by atoms with Gasteiger partial charge in [-0.25, -0.2) is 13.6 Å². The summed E-state index contributed by atoms with van der Waals surface area (Å²) in [6.45, 7) is 2.77. The van der Waals surface area contributed by atoms with Gasteiger partial charge < -0.3 is 14.6 Å². The normalized spacial score (nSPS) is 10.5. The molecule has 21 heavy (non-hydrogen) atoms. The van der Waals surface area contributed by atoms with E-state index in [1.54, 1.807) is 10.9 Å². The number of benzene rings is 1. The van der Waals surface area contributed by atoms with E-state index >= 15 is 0 Å². The number of esters is 1. The molecule has 112 valence electrons. The van der Waals surface area contributed by atoms with E-state index in [4.69, 9.17) is 0 Å². The zero-order chi connectivity index (χ0) is 15.4. The van der Waals surface area contributed by atoms with E-state index in [2.05, 4.69) is 20.3 Å². The third kappa shape index (κ3) is 2.99. The number of ether oxygens (including phenoxy) is 1. The molecule has 1 aromatic carbocycles. The van der Waals surface area contributed by atoms with E-state index in [-0.39, 0.29) is 12.2 Å². The molecule has 8 heteroatoms. The summed E-state index contributed by atoms with van der Waals surface area (Å²) in [4.78, 5) is 11.3. The number of hydrogen-bond donors (Lipinski definition) is 1. The summed E-state index contributed by atoms with van der Waals surface area (Å²) in [5, 5.41) is 10.3. The summed E-state index contributed by atoms with van der Waals surface area (Å²) in [5.41, 5.74) is -0.511. The van der Waals surface area contributed by atoms with E-state index in [0.29, 0.717) is 12.4 Å². The third-order valence-electron chi connectivity index (χ3n) is 2.96. The maximum atomic E-state index is 13.9. The number of methoxy groups -OCH3 is 1. The number of nitrogens with one attached hydrogen (secondary N) is 1. The number of halogens is 2. The minimum atomic E-state index is -1.25. The highest BCUT2D eigenvalue weighted by Gasteiger charge is 2.19. The van der Waals surface area contributed by atoms with Crippen molar-refractivity contribution in [3.05, 3.63) is 41.5 Å². The van der Waals surface area contributed by atoms with Gasteiger partial charge in [0.25, 0.3) is 0 Å². The Morgan fingerprint density at radius 2 is 2.14 bits per heavy atom. The lowest BCUT2D eigenvalue weighted by Gasteiger charge is -2.10. The second-order valence-corrected chi connectivity index (χ2v) is 4.17. The van der Waals surface area contributed by atoms with Crippen molar-refractivity contribution in [2.24, 2.45) is 0 Å². The average Bonchev–Trinajstić information content (AvgIpc) is 2.95. The molecule has 0 radical (unpaired) electrons. The Bertz CT molecular complexity index is 658. The lowest BCUT2D eigenvalue weighted by atomic mass is 10.2. The van der Waals surface area contributed by atoms with Crippen LogP contribution in [0.5, 0.6) is 0 Å². The molecule has 0 fully saturated rings. The molecule has 6 nitrogen and oxygen atoms in total. The van der Waals surface area contributed by atoms with Gasteiger partial charge in [-0.2, -0.15) is 0 Å². The highest BCUT2D eigenvalue weighted by molar-refractivity contribution is 5.90. The summed E-state index contributed by atoms with van der Waals surface area (Å²) in [6, 6.07) is 2.44. The number of aryl methyl sites for hydroxylation is 1. The molecule has 0 aliphatic carbocycles. The first-order valence-electron chi connectivity index (χ1n) is 6.25. The van der Waals surface area contributed by atoms with Crippen LogP contribution in [0.25, 0.3) is 0 Å². The van der Waals surface area contributed by atoms with Gasteiger partial charge in [-0.15, -0.1) is 10.2 Å². The van der Waals surface area contributed by atoms with Crippen LogP contribution >= 0.6 is 0 Å². The van der Waals surface area contributed by atoms with E-state index < -0.39 is 23.2 Å². The topological polar surface area (TPSA) is 69.0 Å². The van der Waals surface area contributed by atoms with Gasteiger partial charge in [0, 0.05) is 6.54 Å². The molecule has 0 spiro atoms. The van der Waals surface area contributed by atoms with Crippen molar-refractivity contribution in [3.63, 3.8) is 0 Å². The molecule has 2 aromatic rings. The van der Waals surface area contributed by atoms with Crippen LogP contribution in [0.1, 0.15) is 23.1 Å². The monoisotopic (exact) mass is 296 g/mol. The Morgan fingerprint density at radius 1 is 1.38 bits per heavy atom. The number of anilines is 1. The fourth-order valence-electron chi connectivity index (χ4n) is 1.81. The Morgan fingerprint density at radius 3 is 2.81 bits per heavy atom. The minimum Gasteiger partial charge on any atom is -0.465 e. The molecule has 1 aromatic heterocycles. The maximum absolute atomic E-state index is 13.9. The molecule has 0 aliphatic rings. The van der Waals surface area contributed by atoms with Crippen LogP contribution in [-0.4, -0.2) is 27.8 Å². The fraction of sp³-hybridized carbons (Fsp3) is 0.308. The molecule has 1 N–H and O–H groups in total. The van der Waals surface area contributed by atoms with Crippen molar-refractivity contribution in [1.29, 1.82) is 0 Å². The van der Waals surface area contributed by atoms with Gasteiger partial charge in [0.05, 0.1) is 24.9 Å². The first-order valence-corrected chi connectivity index (χ1v) is 6.25. The fourth-order valence-corrected chi connectivity index (χ4v) is 1.81. The van der Waals surface area contributed by atoms with Gasteiger partial charge in [0.1, 0.15) is 6.33 Å². The summed E-state index contributed by atoms with van der Waals surface area (Å²) in [6.07, 6.45) is 1.55. The number of aromatic nitrogens is 3. The smallest absolute Gasteiger partial charge is 0.340 e. The molecular weight excluding hydrogens is 282 g/mol. The number of nitrogens with zero attached hydrogens (tertiary/aromatic N) is 3. The zero-order valence-electron chi connectivity index (χ0n) is 11.6. The van der Waals surface area contributed by atoms with E-state index in [1.165, 1.54) is 6.07 Å². The Labute approximate surface area is 119 Å². The molecule has 0 aliphatic heterocycles. The largest absolute Gasteiger partial charge is 0.465 e. The summed E-state index contributed by atoms with van der Waals surface area (Å²) in [7, 11) is 1.10. The molecular formula is C13H14F2N4O2. The van der Waals surface area contributed by atoms with Crippen molar-refractivity contribution in [3.8, 4) is 0 Å². The molecule has 2 rings (SSSR count). The molecule has 1 heterocycles. The summed E-state index contributed by atoms with van der Waals surface area (Å²) < 4.78 is 33.8. The number of hydrogen-bond acceptors (Lipinski definition) is 5. The molecule has 0 bridgehead atoms.